The van der Waals surface area contributed by atoms with Crippen LogP contribution in [-0.2, 0) is 9.53 Å². The van der Waals surface area contributed by atoms with Crippen molar-refractivity contribution in [3.63, 3.8) is 0 Å². The number of halogens is 1. The lowest BCUT2D eigenvalue weighted by Gasteiger charge is -2.17. The van der Waals surface area contributed by atoms with Crippen molar-refractivity contribution in [1.82, 2.24) is 14.8 Å². The van der Waals surface area contributed by atoms with Crippen LogP contribution in [0.3, 0.4) is 0 Å². The number of anilines is 1. The van der Waals surface area contributed by atoms with E-state index in [1.165, 1.54) is 27.0 Å². The van der Waals surface area contributed by atoms with Gasteiger partial charge >= 0.3 is 5.97 Å². The summed E-state index contributed by atoms with van der Waals surface area (Å²) in [5.41, 5.74) is 0.936. The molecule has 0 atom stereocenters. The molecule has 2 heterocycles. The van der Waals surface area contributed by atoms with Crippen molar-refractivity contribution in [2.24, 2.45) is 0 Å². The molecular weight excluding hydrogens is 464 g/mol. The Morgan fingerprint density at radius 3 is 2.58 bits per heavy atom. The molecular formula is C23H19ClN4O4S. The van der Waals surface area contributed by atoms with Gasteiger partial charge in [0.05, 0.1) is 15.9 Å². The first-order valence-corrected chi connectivity index (χ1v) is 11.3. The molecule has 10 heteroatoms. The second kappa shape index (κ2) is 9.51. The quantitative estimate of drug-likeness (QED) is 0.385. The fraction of sp³-hybridized carbons (Fsp3) is 0.174. The maximum Gasteiger partial charge on any atom is 0.363 e. The van der Waals surface area contributed by atoms with E-state index >= 15 is 0 Å². The monoisotopic (exact) mass is 482 g/mol. The normalized spacial score (nSPS) is 10.9. The van der Waals surface area contributed by atoms with Gasteiger partial charge in [0.2, 0.25) is 11.1 Å². The zero-order valence-corrected chi connectivity index (χ0v) is 19.4. The van der Waals surface area contributed by atoms with E-state index in [0.29, 0.717) is 28.1 Å². The highest BCUT2D eigenvalue weighted by molar-refractivity contribution is 7.22. The maximum absolute atomic E-state index is 12.7. The summed E-state index contributed by atoms with van der Waals surface area (Å²) in [7, 11) is 0. The number of aryl methyl sites for hydroxylation is 1. The van der Waals surface area contributed by atoms with Crippen LogP contribution in [-0.4, -0.2) is 39.8 Å². The number of hydrogen-bond donors (Lipinski definition) is 0. The molecule has 0 saturated carbocycles. The third kappa shape index (κ3) is 4.79. The van der Waals surface area contributed by atoms with E-state index in [1.807, 2.05) is 24.3 Å². The van der Waals surface area contributed by atoms with Crippen LogP contribution in [0.25, 0.3) is 15.9 Å². The number of likely N-dealkylation sites (N-methyl/N-ethyl adjacent to an activating group) is 1. The van der Waals surface area contributed by atoms with Crippen LogP contribution in [0.1, 0.15) is 23.1 Å². The number of nitrogens with zero attached hydrogens (tertiary/aromatic N) is 4. The molecule has 4 aromatic rings. The van der Waals surface area contributed by atoms with Crippen LogP contribution in [0.5, 0.6) is 0 Å². The van der Waals surface area contributed by atoms with Crippen molar-refractivity contribution in [2.45, 2.75) is 13.8 Å². The lowest BCUT2D eigenvalue weighted by atomic mass is 10.3. The number of amides is 1. The van der Waals surface area contributed by atoms with Crippen LogP contribution in [0.2, 0.25) is 5.02 Å². The van der Waals surface area contributed by atoms with Crippen molar-refractivity contribution in [3.8, 4) is 5.69 Å². The number of thiazole rings is 1. The number of hydrogen-bond acceptors (Lipinski definition) is 7. The van der Waals surface area contributed by atoms with Gasteiger partial charge in [0.15, 0.2) is 11.7 Å². The average molecular weight is 483 g/mol. The molecule has 2 aromatic heterocycles. The van der Waals surface area contributed by atoms with E-state index in [1.54, 1.807) is 38.1 Å². The molecule has 0 aliphatic heterocycles. The topological polar surface area (TPSA) is 94.4 Å². The van der Waals surface area contributed by atoms with Crippen LogP contribution < -0.4 is 10.3 Å². The molecule has 4 rings (SSSR count). The Balaban J connectivity index is 1.52. The Bertz CT molecular complexity index is 1360. The Morgan fingerprint density at radius 1 is 1.15 bits per heavy atom. The van der Waals surface area contributed by atoms with Crippen molar-refractivity contribution >= 4 is 50.2 Å². The summed E-state index contributed by atoms with van der Waals surface area (Å²) in [6.45, 7) is 3.30. The van der Waals surface area contributed by atoms with E-state index in [2.05, 4.69) is 10.1 Å². The Kier molecular flexibility index (Phi) is 6.52. The summed E-state index contributed by atoms with van der Waals surface area (Å²) >= 11 is 7.30. The van der Waals surface area contributed by atoms with Crippen LogP contribution in [0.15, 0.2) is 59.4 Å². The van der Waals surface area contributed by atoms with Crippen molar-refractivity contribution < 1.29 is 14.3 Å². The number of esters is 1. The summed E-state index contributed by atoms with van der Waals surface area (Å²) in [5.74, 6) is -1.42. The van der Waals surface area contributed by atoms with E-state index < -0.39 is 29.6 Å². The van der Waals surface area contributed by atoms with Crippen LogP contribution in [0.4, 0.5) is 5.13 Å². The van der Waals surface area contributed by atoms with Crippen molar-refractivity contribution in [2.75, 3.05) is 18.1 Å². The average Bonchev–Trinajstić information content (AvgIpc) is 3.22. The minimum atomic E-state index is -0.976. The SMILES string of the molecule is CCN(C(=O)COC(=O)c1nn(-c2ccc(Cl)cc2)c(C)cc1=O)c1nc2ccccc2s1. The van der Waals surface area contributed by atoms with Gasteiger partial charge < -0.3 is 4.74 Å². The van der Waals surface area contributed by atoms with E-state index in [4.69, 9.17) is 16.3 Å². The molecule has 0 N–H and O–H groups in total. The number of carbonyl (C=O) groups is 2. The van der Waals surface area contributed by atoms with Crippen LogP contribution >= 0.6 is 22.9 Å². The fourth-order valence-corrected chi connectivity index (χ4v) is 4.37. The molecule has 0 fully saturated rings. The number of carbonyl (C=O) groups excluding carboxylic acids is 2. The molecule has 2 aromatic carbocycles. The Morgan fingerprint density at radius 2 is 1.88 bits per heavy atom. The van der Waals surface area contributed by atoms with Gasteiger partial charge in [-0.05, 0) is 50.2 Å². The number of aromatic nitrogens is 3. The van der Waals surface area contributed by atoms with Gasteiger partial charge in [-0.25, -0.2) is 14.5 Å². The lowest BCUT2D eigenvalue weighted by molar-refractivity contribution is -0.121. The van der Waals surface area contributed by atoms with E-state index in [-0.39, 0.29) is 0 Å². The largest absolute Gasteiger partial charge is 0.451 e. The lowest BCUT2D eigenvalue weighted by Crippen LogP contribution is -2.35. The zero-order chi connectivity index (χ0) is 23.5. The highest BCUT2D eigenvalue weighted by Crippen LogP contribution is 2.28. The van der Waals surface area contributed by atoms with Gasteiger partial charge in [0.1, 0.15) is 0 Å². The van der Waals surface area contributed by atoms with Crippen molar-refractivity contribution in [3.05, 3.63) is 81.2 Å². The summed E-state index contributed by atoms with van der Waals surface area (Å²) in [5, 5.41) is 5.21. The standard InChI is InChI=1S/C23H19ClN4O4S/c1-3-27(23-25-17-6-4-5-7-19(17)33-23)20(30)13-32-22(31)21-18(29)12-14(2)28(26-21)16-10-8-15(24)9-11-16/h4-12H,3,13H2,1-2H3. The van der Waals surface area contributed by atoms with Crippen molar-refractivity contribution in [1.29, 1.82) is 0 Å². The number of ether oxygens (including phenoxy) is 1. The number of fused-ring (bicyclic) bond motifs is 1. The van der Waals surface area contributed by atoms with Gasteiger partial charge in [-0.15, -0.1) is 0 Å². The molecule has 0 radical (unpaired) electrons. The second-order valence-electron chi connectivity index (χ2n) is 7.07. The van der Waals surface area contributed by atoms with Gasteiger partial charge in [-0.3, -0.25) is 14.5 Å². The minimum absolute atomic E-state index is 0.350. The molecule has 0 bridgehead atoms. The number of rotatable bonds is 6. The number of para-hydroxylation sites is 1. The van der Waals surface area contributed by atoms with Gasteiger partial charge in [-0.1, -0.05) is 35.1 Å². The summed E-state index contributed by atoms with van der Waals surface area (Å²) in [4.78, 5) is 43.6. The summed E-state index contributed by atoms with van der Waals surface area (Å²) in [6, 6.07) is 15.6. The summed E-state index contributed by atoms with van der Waals surface area (Å²) < 4.78 is 7.54. The first-order chi connectivity index (χ1) is 15.9. The molecule has 33 heavy (non-hydrogen) atoms. The Hall–Kier alpha value is -3.56. The smallest absolute Gasteiger partial charge is 0.363 e. The molecule has 0 aliphatic carbocycles. The predicted octanol–water partition coefficient (Wildman–Crippen LogP) is 4.01. The molecule has 0 aliphatic rings. The maximum atomic E-state index is 12.7. The van der Waals surface area contributed by atoms with E-state index in [9.17, 15) is 14.4 Å². The third-order valence-corrected chi connectivity index (χ3v) is 6.14. The van der Waals surface area contributed by atoms with E-state index in [0.717, 1.165) is 10.2 Å². The summed E-state index contributed by atoms with van der Waals surface area (Å²) in [6.07, 6.45) is 0. The Labute approximate surface area is 198 Å². The third-order valence-electron chi connectivity index (χ3n) is 4.83. The minimum Gasteiger partial charge on any atom is -0.451 e. The fourth-order valence-electron chi connectivity index (χ4n) is 3.20. The predicted molar refractivity (Wildman–Crippen MR) is 128 cm³/mol. The first kappa shape index (κ1) is 22.6. The van der Waals surface area contributed by atoms with Gasteiger partial charge in [0.25, 0.3) is 5.91 Å². The molecule has 168 valence electrons. The second-order valence-corrected chi connectivity index (χ2v) is 8.51. The molecule has 0 unspecified atom stereocenters. The first-order valence-electron chi connectivity index (χ1n) is 10.1. The van der Waals surface area contributed by atoms with Gasteiger partial charge in [-0.2, -0.15) is 5.10 Å². The molecule has 1 amide bonds. The highest BCUT2D eigenvalue weighted by Gasteiger charge is 2.22. The van der Waals surface area contributed by atoms with Gasteiger partial charge in [0, 0.05) is 23.3 Å². The number of benzene rings is 2. The molecule has 0 saturated heterocycles. The zero-order valence-electron chi connectivity index (χ0n) is 17.8. The highest BCUT2D eigenvalue weighted by atomic mass is 35.5. The van der Waals surface area contributed by atoms with Crippen LogP contribution in [0, 0.1) is 6.92 Å². The molecule has 0 spiro atoms. The molecule has 8 nitrogen and oxygen atoms in total.